The Morgan fingerprint density at radius 1 is 0.617 bits per heavy atom. The third-order valence-corrected chi connectivity index (χ3v) is 10.6. The van der Waals surface area contributed by atoms with Crippen molar-refractivity contribution >= 4 is 48.3 Å². The smallest absolute Gasteiger partial charge is 0.399 e. The first-order chi connectivity index (χ1) is 22.2. The van der Waals surface area contributed by atoms with Crippen LogP contribution in [0.25, 0.3) is 17.2 Å². The van der Waals surface area contributed by atoms with Gasteiger partial charge in [-0.2, -0.15) is 0 Å². The molecule has 3 aromatic rings. The Kier molecular flexibility index (Phi) is 8.94. The first-order valence-electron chi connectivity index (χ1n) is 16.9. The van der Waals surface area contributed by atoms with Crippen molar-refractivity contribution in [3.63, 3.8) is 0 Å². The van der Waals surface area contributed by atoms with Crippen LogP contribution in [0.5, 0.6) is 0 Å². The van der Waals surface area contributed by atoms with Gasteiger partial charge >= 0.3 is 14.2 Å². The molecular weight excluding hydrogens is 584 g/mol. The fraction of sp³-hybridized carbons (Fsp3) is 0.410. The third kappa shape index (κ3) is 6.80. The van der Waals surface area contributed by atoms with E-state index in [1.54, 1.807) is 0 Å². The first kappa shape index (κ1) is 33.5. The van der Waals surface area contributed by atoms with Gasteiger partial charge in [-0.1, -0.05) is 78.9 Å². The molecule has 0 aromatic heterocycles. The maximum absolute atomic E-state index is 14.0. The number of rotatable bonds is 7. The van der Waals surface area contributed by atoms with Gasteiger partial charge < -0.3 is 23.5 Å². The molecule has 3 heterocycles. The van der Waals surface area contributed by atoms with Gasteiger partial charge in [-0.15, -0.1) is 0 Å². The minimum atomic E-state index is -0.448. The van der Waals surface area contributed by atoms with E-state index in [0.717, 1.165) is 59.1 Å². The van der Waals surface area contributed by atoms with Crippen molar-refractivity contribution < 1.29 is 23.4 Å². The summed E-state index contributed by atoms with van der Waals surface area (Å²) in [5.74, 6) is 0.0598. The average molecular weight is 631 g/mol. The minimum Gasteiger partial charge on any atom is -0.399 e. The lowest BCUT2D eigenvalue weighted by Gasteiger charge is -2.32. The summed E-state index contributed by atoms with van der Waals surface area (Å²) in [5.41, 5.74) is 4.79. The maximum atomic E-state index is 14.0. The molecule has 1 amide bonds. The molecule has 3 aliphatic heterocycles. The van der Waals surface area contributed by atoms with Gasteiger partial charge in [0.1, 0.15) is 0 Å². The van der Waals surface area contributed by atoms with E-state index in [4.69, 9.17) is 18.6 Å². The molecule has 0 N–H and O–H groups in total. The van der Waals surface area contributed by atoms with Gasteiger partial charge in [-0.05, 0) is 114 Å². The molecular formula is C39H47B2NO5. The first-order valence-corrected chi connectivity index (χ1v) is 16.9. The molecule has 8 heteroatoms. The van der Waals surface area contributed by atoms with Gasteiger partial charge in [0.05, 0.1) is 22.4 Å². The Balaban J connectivity index is 1.38. The van der Waals surface area contributed by atoms with E-state index in [-0.39, 0.29) is 5.91 Å². The highest BCUT2D eigenvalue weighted by Crippen LogP contribution is 2.38. The molecule has 0 unspecified atom stereocenters. The molecule has 0 bridgehead atoms. The van der Waals surface area contributed by atoms with Crippen molar-refractivity contribution in [2.75, 3.05) is 13.1 Å². The summed E-state index contributed by atoms with van der Waals surface area (Å²) in [6, 6.07) is 26.5. The van der Waals surface area contributed by atoms with Crippen molar-refractivity contribution in [1.82, 2.24) is 4.90 Å². The van der Waals surface area contributed by atoms with Gasteiger partial charge in [0.15, 0.2) is 0 Å². The van der Waals surface area contributed by atoms with Crippen molar-refractivity contribution in [2.24, 2.45) is 0 Å². The van der Waals surface area contributed by atoms with Crippen molar-refractivity contribution in [1.29, 1.82) is 0 Å². The number of allylic oxidation sites excluding steroid dienone is 2. The largest absolute Gasteiger partial charge is 0.494 e. The van der Waals surface area contributed by atoms with Crippen LogP contribution in [0.4, 0.5) is 0 Å². The summed E-state index contributed by atoms with van der Waals surface area (Å²) < 4.78 is 25.2. The fourth-order valence-electron chi connectivity index (χ4n) is 6.06. The number of benzene rings is 3. The highest BCUT2D eigenvalue weighted by atomic mass is 16.7. The molecule has 0 radical (unpaired) electrons. The molecule has 47 heavy (non-hydrogen) atoms. The Morgan fingerprint density at radius 2 is 1.06 bits per heavy atom. The second kappa shape index (κ2) is 12.6. The number of carbonyl (C=O) groups excluding carboxylic acids is 1. The normalized spacial score (nSPS) is 21.8. The van der Waals surface area contributed by atoms with Crippen LogP contribution in [0, 0.1) is 0 Å². The van der Waals surface area contributed by atoms with Crippen LogP contribution in [-0.2, 0) is 23.4 Å². The Bertz CT molecular complexity index is 1620. The monoisotopic (exact) mass is 631 g/mol. The van der Waals surface area contributed by atoms with Crippen LogP contribution >= 0.6 is 0 Å². The average Bonchev–Trinajstić information content (AvgIpc) is 3.70. The summed E-state index contributed by atoms with van der Waals surface area (Å²) in [4.78, 5) is 16.0. The summed E-state index contributed by atoms with van der Waals surface area (Å²) >= 11 is 0. The number of hydrogen-bond acceptors (Lipinski definition) is 5. The molecule has 0 spiro atoms. The fourth-order valence-corrected chi connectivity index (χ4v) is 6.06. The van der Waals surface area contributed by atoms with Crippen molar-refractivity contribution in [3.8, 4) is 0 Å². The highest BCUT2D eigenvalue weighted by molar-refractivity contribution is 6.62. The van der Waals surface area contributed by atoms with E-state index < -0.39 is 36.6 Å². The van der Waals surface area contributed by atoms with Gasteiger partial charge in [0.25, 0.3) is 5.91 Å². The molecule has 6 rings (SSSR count). The molecule has 0 atom stereocenters. The predicted molar refractivity (Wildman–Crippen MR) is 192 cm³/mol. The molecule has 3 aromatic carbocycles. The van der Waals surface area contributed by atoms with Crippen LogP contribution in [0.3, 0.4) is 0 Å². The summed E-state index contributed by atoms with van der Waals surface area (Å²) in [5, 5.41) is 0. The van der Waals surface area contributed by atoms with Crippen LogP contribution in [-0.4, -0.2) is 60.5 Å². The van der Waals surface area contributed by atoms with E-state index in [1.807, 2.05) is 41.3 Å². The lowest BCUT2D eigenvalue weighted by Crippen LogP contribution is -2.41. The number of hydrogen-bond donors (Lipinski definition) is 0. The number of carbonyl (C=O) groups is 1. The number of nitrogens with zero attached hydrogens (tertiary/aromatic N) is 1. The predicted octanol–water partition coefficient (Wildman–Crippen LogP) is 6.53. The van der Waals surface area contributed by atoms with Crippen LogP contribution in [0.15, 0.2) is 84.9 Å². The lowest BCUT2D eigenvalue weighted by molar-refractivity contribution is -0.124. The molecule has 244 valence electrons. The van der Waals surface area contributed by atoms with Gasteiger partial charge in [0, 0.05) is 18.7 Å². The Labute approximate surface area is 281 Å². The summed E-state index contributed by atoms with van der Waals surface area (Å²) in [6.45, 7) is 18.1. The zero-order valence-electron chi connectivity index (χ0n) is 29.1. The van der Waals surface area contributed by atoms with Gasteiger partial charge in [-0.25, -0.2) is 0 Å². The standard InChI is InChI=1S/C39H47B2NO5/c1-36(2)37(3,4)45-40(44-36)32-20-16-28(17-21-32)26-31(27-34(30-14-10-9-11-15-30)35(43)42-24-12-13-25-42)29-18-22-33(23-19-29)41-46-38(5,6)39(7,8)47-41/h9-11,14-23,26-27H,12-13,24-25H2,1-8H3/b31-26-,34-27-. The third-order valence-electron chi connectivity index (χ3n) is 10.6. The van der Waals surface area contributed by atoms with Crippen molar-refractivity contribution in [2.45, 2.75) is 90.6 Å². The zero-order valence-corrected chi connectivity index (χ0v) is 29.1. The SMILES string of the molecule is CC1(C)OB(c2ccc(/C=C(/C=C(\C(=O)N3CCCC3)c3ccccc3)c3ccc(B4OC(C)(C)C(C)(C)O4)cc3)cc2)OC1(C)C. The Morgan fingerprint density at radius 3 is 1.53 bits per heavy atom. The molecule has 6 nitrogen and oxygen atoms in total. The molecule has 0 saturated carbocycles. The van der Waals surface area contributed by atoms with E-state index in [0.29, 0.717) is 5.57 Å². The second-order valence-corrected chi connectivity index (χ2v) is 15.0. The molecule has 0 aliphatic carbocycles. The van der Waals surface area contributed by atoms with Gasteiger partial charge in [0.2, 0.25) is 0 Å². The molecule has 3 fully saturated rings. The highest BCUT2D eigenvalue weighted by Gasteiger charge is 2.52. The van der Waals surface area contributed by atoms with E-state index in [1.165, 1.54) is 0 Å². The maximum Gasteiger partial charge on any atom is 0.494 e. The van der Waals surface area contributed by atoms with E-state index in [9.17, 15) is 4.79 Å². The minimum absolute atomic E-state index is 0.0598. The summed E-state index contributed by atoms with van der Waals surface area (Å²) in [6.07, 6.45) is 6.25. The topological polar surface area (TPSA) is 57.2 Å². The van der Waals surface area contributed by atoms with Crippen molar-refractivity contribution in [3.05, 3.63) is 102 Å². The van der Waals surface area contributed by atoms with Crippen LogP contribution in [0.2, 0.25) is 0 Å². The lowest BCUT2D eigenvalue weighted by atomic mass is 9.78. The molecule has 3 aliphatic rings. The zero-order chi connectivity index (χ0) is 33.6. The summed E-state index contributed by atoms with van der Waals surface area (Å²) in [7, 11) is -0.876. The number of likely N-dealkylation sites (tertiary alicyclic amines) is 1. The van der Waals surface area contributed by atoms with Crippen LogP contribution < -0.4 is 10.9 Å². The molecule has 3 saturated heterocycles. The van der Waals surface area contributed by atoms with E-state index >= 15 is 0 Å². The van der Waals surface area contributed by atoms with Gasteiger partial charge in [-0.3, -0.25) is 4.79 Å². The quantitative estimate of drug-likeness (QED) is 0.129. The number of amides is 1. The van der Waals surface area contributed by atoms with Crippen LogP contribution in [0.1, 0.15) is 84.9 Å². The Hall–Kier alpha value is -3.42. The van der Waals surface area contributed by atoms with E-state index in [2.05, 4.69) is 110 Å². The second-order valence-electron chi connectivity index (χ2n) is 15.0.